The van der Waals surface area contributed by atoms with Crippen LogP contribution in [0.4, 0.5) is 5.69 Å². The molecule has 0 atom stereocenters. The van der Waals surface area contributed by atoms with Gasteiger partial charge >= 0.3 is 0 Å². The second kappa shape index (κ2) is 4.72. The van der Waals surface area contributed by atoms with Crippen LogP contribution in [0.15, 0.2) is 17.7 Å². The molecule has 0 aliphatic carbocycles. The highest BCUT2D eigenvalue weighted by Crippen LogP contribution is 2.31. The summed E-state index contributed by atoms with van der Waals surface area (Å²) in [7, 11) is 1.52. The molecule has 0 unspecified atom stereocenters. The van der Waals surface area contributed by atoms with Gasteiger partial charge in [0.05, 0.1) is 23.9 Å². The Kier molecular flexibility index (Phi) is 3.59. The number of hydrogen-bond donors (Lipinski definition) is 1. The second-order valence-corrected chi connectivity index (χ2v) is 3.47. The molecule has 1 rings (SSSR count). The average molecular weight is 223 g/mol. The Hall–Kier alpha value is -1.66. The van der Waals surface area contributed by atoms with E-state index in [0.29, 0.717) is 22.0 Å². The molecule has 0 fully saturated rings. The molecule has 0 heterocycles. The van der Waals surface area contributed by atoms with Gasteiger partial charge in [-0.15, -0.1) is 0 Å². The van der Waals surface area contributed by atoms with Crippen molar-refractivity contribution >= 4 is 23.4 Å². The number of benzene rings is 1. The lowest BCUT2D eigenvalue weighted by Crippen LogP contribution is -1.94. The molecule has 1 aromatic rings. The molecule has 0 saturated carbocycles. The Morgan fingerprint density at radius 3 is 2.80 bits per heavy atom. The van der Waals surface area contributed by atoms with Gasteiger partial charge in [-0.3, -0.25) is 0 Å². The van der Waals surface area contributed by atoms with Crippen molar-refractivity contribution in [3.8, 4) is 11.8 Å². The normalized spacial score (nSPS) is 10.9. The number of rotatable bonds is 2. The highest BCUT2D eigenvalue weighted by molar-refractivity contribution is 6.33. The van der Waals surface area contributed by atoms with E-state index in [9.17, 15) is 0 Å². The number of nitrogen functional groups attached to an aromatic ring is 1. The van der Waals surface area contributed by atoms with E-state index >= 15 is 0 Å². The fourth-order valence-corrected chi connectivity index (χ4v) is 1.37. The summed E-state index contributed by atoms with van der Waals surface area (Å²) in [4.78, 5) is 0. The predicted octanol–water partition coefficient (Wildman–Crippen LogP) is 2.86. The first-order valence-electron chi connectivity index (χ1n) is 4.30. The molecule has 3 nitrogen and oxygen atoms in total. The molecule has 1 aromatic carbocycles. The van der Waals surface area contributed by atoms with Gasteiger partial charge in [0.15, 0.2) is 0 Å². The third-order valence-corrected chi connectivity index (χ3v) is 2.21. The number of ether oxygens (including phenoxy) is 1. The van der Waals surface area contributed by atoms with E-state index in [4.69, 9.17) is 27.3 Å². The molecular weight excluding hydrogens is 212 g/mol. The van der Waals surface area contributed by atoms with Gasteiger partial charge in [-0.1, -0.05) is 11.6 Å². The van der Waals surface area contributed by atoms with Crippen LogP contribution in [0.2, 0.25) is 5.02 Å². The predicted molar refractivity (Wildman–Crippen MR) is 61.7 cm³/mol. The number of hydrogen-bond acceptors (Lipinski definition) is 3. The van der Waals surface area contributed by atoms with Gasteiger partial charge < -0.3 is 10.5 Å². The maximum absolute atomic E-state index is 8.64. The van der Waals surface area contributed by atoms with Gasteiger partial charge in [0.2, 0.25) is 0 Å². The summed E-state index contributed by atoms with van der Waals surface area (Å²) in [6, 6.07) is 5.46. The van der Waals surface area contributed by atoms with E-state index in [1.54, 1.807) is 25.1 Å². The summed E-state index contributed by atoms with van der Waals surface area (Å²) < 4.78 is 5.06. The van der Waals surface area contributed by atoms with Crippen LogP contribution in [0.3, 0.4) is 0 Å². The van der Waals surface area contributed by atoms with Crippen molar-refractivity contribution < 1.29 is 4.74 Å². The van der Waals surface area contributed by atoms with Crippen molar-refractivity contribution in [2.24, 2.45) is 0 Å². The van der Waals surface area contributed by atoms with Crippen LogP contribution in [0.25, 0.3) is 6.08 Å². The van der Waals surface area contributed by atoms with Crippen molar-refractivity contribution in [3.63, 3.8) is 0 Å². The first-order chi connectivity index (χ1) is 7.08. The van der Waals surface area contributed by atoms with Gasteiger partial charge in [0, 0.05) is 5.57 Å². The lowest BCUT2D eigenvalue weighted by atomic mass is 10.1. The molecule has 0 bridgehead atoms. The SMILES string of the molecule is COc1cc(/C=C(\C)C#N)cc(Cl)c1N. The van der Waals surface area contributed by atoms with Crippen LogP contribution < -0.4 is 10.5 Å². The van der Waals surface area contributed by atoms with Gasteiger partial charge in [-0.2, -0.15) is 5.26 Å². The summed E-state index contributed by atoms with van der Waals surface area (Å²) in [6.45, 7) is 1.72. The van der Waals surface area contributed by atoms with Crippen molar-refractivity contribution in [2.75, 3.05) is 12.8 Å². The number of halogens is 1. The van der Waals surface area contributed by atoms with Crippen LogP contribution in [0.1, 0.15) is 12.5 Å². The Balaban J connectivity index is 3.24. The van der Waals surface area contributed by atoms with E-state index in [2.05, 4.69) is 0 Å². The number of nitrogens with zero attached hydrogens (tertiary/aromatic N) is 1. The zero-order chi connectivity index (χ0) is 11.4. The molecular formula is C11H11ClN2O. The average Bonchev–Trinajstić information content (AvgIpc) is 2.22. The molecule has 2 N–H and O–H groups in total. The van der Waals surface area contributed by atoms with Gasteiger partial charge in [0.25, 0.3) is 0 Å². The second-order valence-electron chi connectivity index (χ2n) is 3.06. The van der Waals surface area contributed by atoms with Gasteiger partial charge in [0.1, 0.15) is 5.75 Å². The lowest BCUT2D eigenvalue weighted by molar-refractivity contribution is 0.417. The molecule has 0 amide bonds. The molecule has 15 heavy (non-hydrogen) atoms. The number of allylic oxidation sites excluding steroid dienone is 1. The van der Waals surface area contributed by atoms with Crippen molar-refractivity contribution in [1.29, 1.82) is 5.26 Å². The molecule has 0 saturated heterocycles. The quantitative estimate of drug-likeness (QED) is 0.618. The number of methoxy groups -OCH3 is 1. The zero-order valence-electron chi connectivity index (χ0n) is 8.54. The van der Waals surface area contributed by atoms with Crippen LogP contribution >= 0.6 is 11.6 Å². The van der Waals surface area contributed by atoms with E-state index in [0.717, 1.165) is 5.56 Å². The fraction of sp³-hybridized carbons (Fsp3) is 0.182. The minimum absolute atomic E-state index is 0.408. The smallest absolute Gasteiger partial charge is 0.143 e. The summed E-state index contributed by atoms with van der Waals surface area (Å²) >= 11 is 5.91. The lowest BCUT2D eigenvalue weighted by Gasteiger charge is -2.07. The number of anilines is 1. The molecule has 0 spiro atoms. The molecule has 0 aromatic heterocycles. The van der Waals surface area contributed by atoms with Gasteiger partial charge in [-0.25, -0.2) is 0 Å². The topological polar surface area (TPSA) is 59.0 Å². The van der Waals surface area contributed by atoms with E-state index < -0.39 is 0 Å². The highest BCUT2D eigenvalue weighted by Gasteiger charge is 2.05. The van der Waals surface area contributed by atoms with Crippen LogP contribution in [0, 0.1) is 11.3 Å². The first-order valence-corrected chi connectivity index (χ1v) is 4.67. The maximum atomic E-state index is 8.64. The summed E-state index contributed by atoms with van der Waals surface area (Å²) in [5, 5.41) is 9.06. The molecule has 0 radical (unpaired) electrons. The third kappa shape index (κ3) is 2.64. The highest BCUT2D eigenvalue weighted by atomic mass is 35.5. The zero-order valence-corrected chi connectivity index (χ0v) is 9.30. The fourth-order valence-electron chi connectivity index (χ4n) is 1.15. The largest absolute Gasteiger partial charge is 0.495 e. The molecule has 4 heteroatoms. The molecule has 0 aliphatic rings. The number of nitriles is 1. The minimum atomic E-state index is 0.408. The summed E-state index contributed by atoms with van der Waals surface area (Å²) in [6.07, 6.45) is 1.72. The van der Waals surface area contributed by atoms with Crippen molar-refractivity contribution in [2.45, 2.75) is 6.92 Å². The maximum Gasteiger partial charge on any atom is 0.143 e. The standard InChI is InChI=1S/C11H11ClN2O/c1-7(6-13)3-8-4-9(12)11(14)10(5-8)15-2/h3-5H,14H2,1-2H3/b7-3+. The Morgan fingerprint density at radius 1 is 1.60 bits per heavy atom. The molecule has 0 aliphatic heterocycles. The van der Waals surface area contributed by atoms with E-state index in [-0.39, 0.29) is 0 Å². The Morgan fingerprint density at radius 2 is 2.27 bits per heavy atom. The van der Waals surface area contributed by atoms with Gasteiger partial charge in [-0.05, 0) is 30.7 Å². The van der Waals surface area contributed by atoms with E-state index in [1.165, 1.54) is 7.11 Å². The Labute approximate surface area is 93.7 Å². The first kappa shape index (κ1) is 11.4. The van der Waals surface area contributed by atoms with Crippen LogP contribution in [0.5, 0.6) is 5.75 Å². The van der Waals surface area contributed by atoms with Crippen LogP contribution in [-0.2, 0) is 0 Å². The van der Waals surface area contributed by atoms with Crippen molar-refractivity contribution in [3.05, 3.63) is 28.3 Å². The van der Waals surface area contributed by atoms with Crippen molar-refractivity contribution in [1.82, 2.24) is 0 Å². The van der Waals surface area contributed by atoms with Crippen LogP contribution in [-0.4, -0.2) is 7.11 Å². The summed E-state index contributed by atoms with van der Waals surface area (Å²) in [5.74, 6) is 0.513. The third-order valence-electron chi connectivity index (χ3n) is 1.89. The van der Waals surface area contributed by atoms with E-state index in [1.807, 2.05) is 6.07 Å². The summed E-state index contributed by atoms with van der Waals surface area (Å²) in [5.41, 5.74) is 7.48. The monoisotopic (exact) mass is 222 g/mol. The number of nitrogens with two attached hydrogens (primary N) is 1. The molecule has 78 valence electrons. The Bertz CT molecular complexity index is 447. The minimum Gasteiger partial charge on any atom is -0.495 e.